The standard InChI is InChI=1S/C21H22N2O10S2.C21H20O6.ClH2NO2S/c1-28-20-11-14(5-9-18(20)30-34-33-32-22)3-7-16(24)13-17(25)8-4-15-6-10-19(21(12-15)29-2)31-35(23,26)27;1-26-20-11-14(5-9-18(20)24)3-7-16(22)13-17(23)8-4-15-6-10-19(25)21(12-15)27-2;1-5(2,3)4/h3-12H,13,22H2,1-2H3,(H2,23,26,27);3-12,24-25H,13H2,1-2H3;(H2,2,3,4)/b2*7-3+,8-4+;. The van der Waals surface area contributed by atoms with Crippen molar-refractivity contribution in [1.29, 1.82) is 0 Å². The molecule has 25 heteroatoms. The van der Waals surface area contributed by atoms with Gasteiger partial charge in [-0.3, -0.25) is 19.2 Å². The van der Waals surface area contributed by atoms with Crippen LogP contribution in [0, 0.1) is 0 Å². The molecule has 8 N–H and O–H groups in total. The molecule has 0 aromatic heterocycles. The average molecular weight is 1010 g/mol. The fraction of sp³-hybridized carbons (Fsp3) is 0.143. The molecule has 0 saturated carbocycles. The van der Waals surface area contributed by atoms with Gasteiger partial charge >= 0.3 is 10.3 Å². The van der Waals surface area contributed by atoms with Crippen molar-refractivity contribution in [2.75, 3.05) is 28.4 Å². The van der Waals surface area contributed by atoms with Gasteiger partial charge in [0, 0.05) is 10.7 Å². The van der Waals surface area contributed by atoms with E-state index in [1.807, 2.05) is 0 Å². The summed E-state index contributed by atoms with van der Waals surface area (Å²) in [5.74, 6) is 4.46. The van der Waals surface area contributed by atoms with Gasteiger partial charge in [-0.05, 0) is 95.1 Å². The maximum absolute atomic E-state index is 12.2. The maximum Gasteiger partial charge on any atom is 0.380 e. The molecule has 0 saturated heterocycles. The van der Waals surface area contributed by atoms with Gasteiger partial charge in [0.2, 0.25) is 0 Å². The molecule has 4 aromatic rings. The summed E-state index contributed by atoms with van der Waals surface area (Å²) < 4.78 is 74.9. The molecule has 0 aliphatic heterocycles. The summed E-state index contributed by atoms with van der Waals surface area (Å²) in [6.45, 7) is 0. The van der Waals surface area contributed by atoms with Gasteiger partial charge in [0.25, 0.3) is 21.6 Å². The number of carbonyl (C=O) groups excluding carboxylic acids is 4. The van der Waals surface area contributed by atoms with Crippen molar-refractivity contribution in [2.24, 2.45) is 16.2 Å². The van der Waals surface area contributed by atoms with Crippen molar-refractivity contribution in [2.45, 2.75) is 12.8 Å². The Bertz CT molecular complexity index is 2630. The number of hydrogen-bond donors (Lipinski definition) is 5. The zero-order valence-electron chi connectivity index (χ0n) is 35.7. The Kier molecular flexibility index (Phi) is 23.8. The number of phenols is 2. The lowest BCUT2D eigenvalue weighted by molar-refractivity contribution is -0.199. The second-order valence-corrected chi connectivity index (χ2v) is 16.4. The van der Waals surface area contributed by atoms with Gasteiger partial charge in [0.1, 0.15) is 0 Å². The molecule has 0 bridgehead atoms. The number of nitrogens with two attached hydrogens (primary N) is 3. The predicted molar refractivity (Wildman–Crippen MR) is 248 cm³/mol. The third-order valence-electron chi connectivity index (χ3n) is 7.72. The highest BCUT2D eigenvalue weighted by Gasteiger charge is 2.13. The van der Waals surface area contributed by atoms with Crippen LogP contribution in [0.1, 0.15) is 35.1 Å². The van der Waals surface area contributed by atoms with Crippen molar-refractivity contribution in [3.05, 3.63) is 119 Å². The lowest BCUT2D eigenvalue weighted by atomic mass is 10.1. The van der Waals surface area contributed by atoms with Crippen molar-refractivity contribution >= 4 is 90.0 Å². The van der Waals surface area contributed by atoms with Crippen LogP contribution < -0.4 is 43.5 Å². The molecule has 360 valence electrons. The Labute approximate surface area is 394 Å². The number of ketones is 4. The molecule has 0 aliphatic carbocycles. The van der Waals surface area contributed by atoms with E-state index in [2.05, 4.69) is 29.3 Å². The maximum atomic E-state index is 12.2. The Morgan fingerprint density at radius 1 is 0.552 bits per heavy atom. The minimum absolute atomic E-state index is 0.00662. The first-order valence-electron chi connectivity index (χ1n) is 18.3. The number of hydrogen-bond acceptors (Lipinski definition) is 20. The molecule has 0 amide bonds. The second kappa shape index (κ2) is 28.3. The zero-order valence-corrected chi connectivity index (χ0v) is 38.9. The first-order valence-corrected chi connectivity index (χ1v) is 22.8. The topological polar surface area (TPSA) is 329 Å². The molecule has 0 fully saturated rings. The van der Waals surface area contributed by atoms with Gasteiger partial charge in [-0.15, -0.1) is 9.32 Å². The Morgan fingerprint density at radius 3 is 1.19 bits per heavy atom. The molecule has 67 heavy (non-hydrogen) atoms. The van der Waals surface area contributed by atoms with Crippen molar-refractivity contribution in [3.63, 3.8) is 0 Å². The van der Waals surface area contributed by atoms with Gasteiger partial charge in [0.15, 0.2) is 69.1 Å². The van der Waals surface area contributed by atoms with Crippen LogP contribution in [0.4, 0.5) is 0 Å². The Morgan fingerprint density at radius 2 is 0.866 bits per heavy atom. The molecular weight excluding hydrogens is 966 g/mol. The van der Waals surface area contributed by atoms with Crippen molar-refractivity contribution in [1.82, 2.24) is 0 Å². The number of allylic oxidation sites excluding steroid dienone is 4. The lowest BCUT2D eigenvalue weighted by Gasteiger charge is -2.08. The number of carbonyl (C=O) groups is 4. The van der Waals surface area contributed by atoms with Crippen LogP contribution in [0.5, 0.6) is 46.0 Å². The zero-order chi connectivity index (χ0) is 50.2. The minimum Gasteiger partial charge on any atom is -0.504 e. The summed E-state index contributed by atoms with van der Waals surface area (Å²) in [5.41, 5.74) is 2.46. The molecule has 0 aliphatic rings. The Hall–Kier alpha value is -6.74. The average Bonchev–Trinajstić information content (AvgIpc) is 3.26. The van der Waals surface area contributed by atoms with E-state index in [0.717, 1.165) is 0 Å². The number of benzene rings is 4. The van der Waals surface area contributed by atoms with Gasteiger partial charge < -0.3 is 37.5 Å². The fourth-order valence-corrected chi connectivity index (χ4v) is 5.50. The molecule has 21 nitrogen and oxygen atoms in total. The van der Waals surface area contributed by atoms with E-state index in [-0.39, 0.29) is 47.4 Å². The third kappa shape index (κ3) is 23.3. The number of ether oxygens (including phenoxy) is 4. The Balaban J connectivity index is 0.000000428. The third-order valence-corrected chi connectivity index (χ3v) is 8.52. The van der Waals surface area contributed by atoms with Crippen molar-refractivity contribution in [3.8, 4) is 46.0 Å². The molecular formula is C42H44ClN3O18S3. The summed E-state index contributed by atoms with van der Waals surface area (Å²) in [6.07, 6.45) is 10.5. The van der Waals surface area contributed by atoms with Crippen LogP contribution in [0.15, 0.2) is 97.1 Å². The van der Waals surface area contributed by atoms with E-state index in [0.29, 0.717) is 57.6 Å². The highest BCUT2D eigenvalue weighted by molar-refractivity contribution is 8.11. The fourth-order valence-electron chi connectivity index (χ4n) is 4.84. The summed E-state index contributed by atoms with van der Waals surface area (Å²) >= 11 is 0.489. The largest absolute Gasteiger partial charge is 0.504 e. The SMILES string of the molecule is COc1cc(/C=C/C(=O)CC(=O)/C=C/c2ccc(O)c(OC)c2)ccc1O.COc1cc(/C=C/C(=O)CC(=O)/C=C/c2ccc(OS(N)(=O)=O)c(OC)c2)ccc1OSOON.NS(=O)(=O)Cl. The van der Waals surface area contributed by atoms with Crippen LogP contribution in [0.2, 0.25) is 0 Å². The van der Waals surface area contributed by atoms with Crippen molar-refractivity contribution < 1.29 is 82.9 Å². The van der Waals surface area contributed by atoms with Crippen LogP contribution in [0.25, 0.3) is 24.3 Å². The van der Waals surface area contributed by atoms with E-state index in [9.17, 15) is 46.2 Å². The van der Waals surface area contributed by atoms with Gasteiger partial charge in [-0.25, -0.2) is 5.14 Å². The summed E-state index contributed by atoms with van der Waals surface area (Å²) in [6, 6.07) is 18.4. The van der Waals surface area contributed by atoms with E-state index in [4.69, 9.17) is 34.2 Å². The number of halogens is 1. The molecule has 4 aromatic carbocycles. The molecule has 0 heterocycles. The van der Waals surface area contributed by atoms with Crippen LogP contribution in [0.3, 0.4) is 0 Å². The molecule has 0 atom stereocenters. The van der Waals surface area contributed by atoms with E-state index < -0.39 is 31.1 Å². The number of phenolic OH excluding ortho intramolecular Hbond substituents is 2. The van der Waals surface area contributed by atoms with E-state index in [1.165, 1.54) is 95.2 Å². The van der Waals surface area contributed by atoms with E-state index >= 15 is 0 Å². The van der Waals surface area contributed by atoms with Crippen LogP contribution in [-0.2, 0) is 48.0 Å². The number of methoxy groups -OCH3 is 4. The normalized spacial score (nSPS) is 11.3. The van der Waals surface area contributed by atoms with Crippen LogP contribution in [-0.4, -0.2) is 78.6 Å². The summed E-state index contributed by atoms with van der Waals surface area (Å²) in [7, 11) is 1.98. The quantitative estimate of drug-likeness (QED) is 0.0130. The van der Waals surface area contributed by atoms with E-state index in [1.54, 1.807) is 54.6 Å². The highest BCUT2D eigenvalue weighted by atomic mass is 35.7. The smallest absolute Gasteiger partial charge is 0.380 e. The molecule has 0 spiro atoms. The summed E-state index contributed by atoms with van der Waals surface area (Å²) in [5, 5.41) is 28.0. The van der Waals surface area contributed by atoms with Gasteiger partial charge in [0.05, 0.1) is 41.3 Å². The molecule has 0 unspecified atom stereocenters. The molecule has 0 radical (unpaired) electrons. The monoisotopic (exact) mass is 1010 g/mol. The van der Waals surface area contributed by atoms with Crippen LogP contribution >= 0.6 is 23.0 Å². The van der Waals surface area contributed by atoms with Gasteiger partial charge in [-0.1, -0.05) is 48.6 Å². The highest BCUT2D eigenvalue weighted by Crippen LogP contribution is 2.32. The first-order chi connectivity index (χ1) is 31.6. The minimum atomic E-state index is -4.22. The van der Waals surface area contributed by atoms with Gasteiger partial charge in [-0.2, -0.15) is 27.9 Å². The molecule has 4 rings (SSSR count). The lowest BCUT2D eigenvalue weighted by Crippen LogP contribution is -2.19. The summed E-state index contributed by atoms with van der Waals surface area (Å²) in [4.78, 5) is 52.1. The first kappa shape index (κ1) is 56.4. The number of aromatic hydroxyl groups is 2. The number of rotatable bonds is 22. The predicted octanol–water partition coefficient (Wildman–Crippen LogP) is 5.10. The second-order valence-electron chi connectivity index (χ2n) is 12.6.